The Morgan fingerprint density at radius 2 is 2.22 bits per heavy atom. The van der Waals surface area contributed by atoms with E-state index >= 15 is 0 Å². The van der Waals surface area contributed by atoms with Crippen molar-refractivity contribution in [3.8, 4) is 0 Å². The Bertz CT molecular complexity index is 522. The maximum absolute atomic E-state index is 12.3. The van der Waals surface area contributed by atoms with Crippen LogP contribution in [0, 0.1) is 0 Å². The Morgan fingerprint density at radius 3 is 3.11 bits per heavy atom. The zero-order valence-electron chi connectivity index (χ0n) is 10.2. The van der Waals surface area contributed by atoms with E-state index in [2.05, 4.69) is 10.4 Å². The molecule has 2 aromatic heterocycles. The van der Waals surface area contributed by atoms with Crippen molar-refractivity contribution in [2.45, 2.75) is 6.42 Å². The van der Waals surface area contributed by atoms with Crippen molar-refractivity contribution in [3.63, 3.8) is 0 Å². The lowest BCUT2D eigenvalue weighted by atomic mass is 10.3. The topological polar surface area (TPSA) is 49.6 Å². The van der Waals surface area contributed by atoms with E-state index < -0.39 is 0 Å². The van der Waals surface area contributed by atoms with Crippen LogP contribution in [0.4, 0.5) is 0 Å². The molecule has 5 heteroatoms. The van der Waals surface area contributed by atoms with Crippen LogP contribution in [0.1, 0.15) is 16.9 Å². The van der Waals surface area contributed by atoms with E-state index in [1.54, 1.807) is 4.52 Å². The quantitative estimate of drug-likeness (QED) is 0.806. The SMILES string of the molecule is O=C(c1cc2ccccn2n1)N1CCCNCC1. The van der Waals surface area contributed by atoms with Crippen LogP contribution in [-0.2, 0) is 0 Å². The predicted octanol–water partition coefficient (Wildman–Crippen LogP) is 0.770. The third-order valence-electron chi connectivity index (χ3n) is 3.22. The summed E-state index contributed by atoms with van der Waals surface area (Å²) < 4.78 is 1.74. The first-order chi connectivity index (χ1) is 8.84. The van der Waals surface area contributed by atoms with E-state index in [1.165, 1.54) is 0 Å². The van der Waals surface area contributed by atoms with Crippen molar-refractivity contribution in [1.29, 1.82) is 0 Å². The molecule has 1 aliphatic heterocycles. The fourth-order valence-electron chi connectivity index (χ4n) is 2.25. The molecule has 0 unspecified atom stereocenters. The summed E-state index contributed by atoms with van der Waals surface area (Å²) in [6.45, 7) is 3.40. The molecule has 0 bridgehead atoms. The third kappa shape index (κ3) is 2.09. The van der Waals surface area contributed by atoms with E-state index in [0.717, 1.165) is 38.1 Å². The van der Waals surface area contributed by atoms with Crippen molar-refractivity contribution >= 4 is 11.4 Å². The second kappa shape index (κ2) is 4.78. The second-order valence-electron chi connectivity index (χ2n) is 4.50. The summed E-state index contributed by atoms with van der Waals surface area (Å²) >= 11 is 0. The van der Waals surface area contributed by atoms with Gasteiger partial charge in [-0.1, -0.05) is 6.07 Å². The molecule has 18 heavy (non-hydrogen) atoms. The summed E-state index contributed by atoms with van der Waals surface area (Å²) in [7, 11) is 0. The highest BCUT2D eigenvalue weighted by Crippen LogP contribution is 2.09. The molecule has 1 saturated heterocycles. The van der Waals surface area contributed by atoms with Crippen LogP contribution < -0.4 is 5.32 Å². The average Bonchev–Trinajstić information content (AvgIpc) is 2.64. The van der Waals surface area contributed by atoms with Gasteiger partial charge in [-0.2, -0.15) is 5.10 Å². The van der Waals surface area contributed by atoms with Gasteiger partial charge in [-0.25, -0.2) is 4.52 Å². The van der Waals surface area contributed by atoms with E-state index in [4.69, 9.17) is 0 Å². The molecule has 1 fully saturated rings. The minimum absolute atomic E-state index is 0.0300. The number of amides is 1. The van der Waals surface area contributed by atoms with Gasteiger partial charge in [0, 0.05) is 25.8 Å². The number of rotatable bonds is 1. The number of carbonyl (C=O) groups is 1. The lowest BCUT2D eigenvalue weighted by molar-refractivity contribution is 0.0760. The summed E-state index contributed by atoms with van der Waals surface area (Å²) in [6, 6.07) is 7.65. The number of aromatic nitrogens is 2. The van der Waals surface area contributed by atoms with Gasteiger partial charge in [0.1, 0.15) is 0 Å². The molecule has 0 aliphatic carbocycles. The third-order valence-corrected chi connectivity index (χ3v) is 3.22. The molecule has 0 spiro atoms. The molecule has 0 aromatic carbocycles. The van der Waals surface area contributed by atoms with Crippen molar-refractivity contribution in [1.82, 2.24) is 19.8 Å². The Morgan fingerprint density at radius 1 is 1.28 bits per heavy atom. The lowest BCUT2D eigenvalue weighted by Gasteiger charge is -2.18. The molecule has 1 amide bonds. The fraction of sp³-hybridized carbons (Fsp3) is 0.385. The highest BCUT2D eigenvalue weighted by Gasteiger charge is 2.19. The number of nitrogens with zero attached hydrogens (tertiary/aromatic N) is 3. The van der Waals surface area contributed by atoms with Gasteiger partial charge < -0.3 is 10.2 Å². The van der Waals surface area contributed by atoms with Crippen molar-refractivity contribution in [2.24, 2.45) is 0 Å². The number of carbonyl (C=O) groups excluding carboxylic acids is 1. The molecule has 2 aromatic rings. The highest BCUT2D eigenvalue weighted by atomic mass is 16.2. The van der Waals surface area contributed by atoms with Crippen LogP contribution in [0.3, 0.4) is 0 Å². The lowest BCUT2D eigenvalue weighted by Crippen LogP contribution is -2.34. The minimum Gasteiger partial charge on any atom is -0.336 e. The van der Waals surface area contributed by atoms with Crippen LogP contribution >= 0.6 is 0 Å². The normalized spacial score (nSPS) is 16.8. The molecule has 0 saturated carbocycles. The first-order valence-corrected chi connectivity index (χ1v) is 6.29. The van der Waals surface area contributed by atoms with Crippen molar-refractivity contribution in [3.05, 3.63) is 36.2 Å². The molecule has 1 aliphatic rings. The van der Waals surface area contributed by atoms with Gasteiger partial charge in [-0.15, -0.1) is 0 Å². The van der Waals surface area contributed by atoms with Gasteiger partial charge in [0.15, 0.2) is 5.69 Å². The molecule has 0 atom stereocenters. The number of fused-ring (bicyclic) bond motifs is 1. The number of pyridine rings is 1. The number of nitrogens with one attached hydrogen (secondary N) is 1. The van der Waals surface area contributed by atoms with Gasteiger partial charge in [0.2, 0.25) is 0 Å². The van der Waals surface area contributed by atoms with Gasteiger partial charge in [0.05, 0.1) is 5.52 Å². The standard InChI is InChI=1S/C13H16N4O/c18-13(16-7-3-5-14-6-9-16)12-10-11-4-1-2-8-17(11)15-12/h1-2,4,8,10,14H,3,5-7,9H2. The molecule has 5 nitrogen and oxygen atoms in total. The molecular formula is C13H16N4O. The monoisotopic (exact) mass is 244 g/mol. The van der Waals surface area contributed by atoms with Gasteiger partial charge in [-0.05, 0) is 31.2 Å². The zero-order valence-corrected chi connectivity index (χ0v) is 10.2. The fourth-order valence-corrected chi connectivity index (χ4v) is 2.25. The van der Waals surface area contributed by atoms with Crippen LogP contribution in [0.5, 0.6) is 0 Å². The predicted molar refractivity (Wildman–Crippen MR) is 68.6 cm³/mol. The summed E-state index contributed by atoms with van der Waals surface area (Å²) in [5, 5.41) is 7.61. The zero-order chi connectivity index (χ0) is 12.4. The van der Waals surface area contributed by atoms with E-state index in [1.807, 2.05) is 35.4 Å². The maximum Gasteiger partial charge on any atom is 0.274 e. The Kier molecular flexibility index (Phi) is 2.98. The minimum atomic E-state index is 0.0300. The summed E-state index contributed by atoms with van der Waals surface area (Å²) in [5.41, 5.74) is 1.48. The van der Waals surface area contributed by atoms with Crippen molar-refractivity contribution < 1.29 is 4.79 Å². The summed E-state index contributed by atoms with van der Waals surface area (Å²) in [5.74, 6) is 0.0300. The summed E-state index contributed by atoms with van der Waals surface area (Å²) in [6.07, 6.45) is 2.86. The van der Waals surface area contributed by atoms with E-state index in [9.17, 15) is 4.79 Å². The van der Waals surface area contributed by atoms with Crippen LogP contribution in [0.2, 0.25) is 0 Å². The molecule has 0 radical (unpaired) electrons. The smallest absolute Gasteiger partial charge is 0.274 e. The first kappa shape index (κ1) is 11.2. The summed E-state index contributed by atoms with van der Waals surface area (Å²) in [4.78, 5) is 14.2. The Labute approximate surface area is 105 Å². The van der Waals surface area contributed by atoms with Crippen molar-refractivity contribution in [2.75, 3.05) is 26.2 Å². The maximum atomic E-state index is 12.3. The van der Waals surface area contributed by atoms with Crippen LogP contribution in [0.15, 0.2) is 30.5 Å². The van der Waals surface area contributed by atoms with Gasteiger partial charge >= 0.3 is 0 Å². The number of hydrogen-bond donors (Lipinski definition) is 1. The van der Waals surface area contributed by atoms with Gasteiger partial charge in [0.25, 0.3) is 5.91 Å². The Hall–Kier alpha value is -1.88. The number of hydrogen-bond acceptors (Lipinski definition) is 3. The molecule has 3 rings (SSSR count). The largest absolute Gasteiger partial charge is 0.336 e. The highest BCUT2D eigenvalue weighted by molar-refractivity contribution is 5.93. The average molecular weight is 244 g/mol. The van der Waals surface area contributed by atoms with Gasteiger partial charge in [-0.3, -0.25) is 4.79 Å². The molecule has 3 heterocycles. The van der Waals surface area contributed by atoms with Crippen LogP contribution in [-0.4, -0.2) is 46.6 Å². The molecular weight excluding hydrogens is 228 g/mol. The van der Waals surface area contributed by atoms with E-state index in [0.29, 0.717) is 5.69 Å². The van der Waals surface area contributed by atoms with Crippen LogP contribution in [0.25, 0.3) is 5.52 Å². The molecule has 94 valence electrons. The second-order valence-corrected chi connectivity index (χ2v) is 4.50. The first-order valence-electron chi connectivity index (χ1n) is 6.29. The van der Waals surface area contributed by atoms with E-state index in [-0.39, 0.29) is 5.91 Å². The molecule has 1 N–H and O–H groups in total. The Balaban J connectivity index is 1.86.